The topological polar surface area (TPSA) is 48.1 Å². The molecule has 4 rings (SSSR count). The van der Waals surface area contributed by atoms with Crippen LogP contribution in [0.3, 0.4) is 0 Å². The summed E-state index contributed by atoms with van der Waals surface area (Å²) in [5.41, 5.74) is 3.99. The molecule has 2 aromatic carbocycles. The van der Waals surface area contributed by atoms with E-state index in [-0.39, 0.29) is 5.78 Å². The summed E-state index contributed by atoms with van der Waals surface area (Å²) in [4.78, 5) is 18.1. The molecule has 0 atom stereocenters. The van der Waals surface area contributed by atoms with Crippen LogP contribution < -0.4 is 10.2 Å². The number of Topliss-reactive ketones (excluding diaryl/α,β-unsaturated/α-hetero) is 1. The molecular weight excluding hydrogens is 310 g/mol. The maximum Gasteiger partial charge on any atom is 0.183 e. The van der Waals surface area contributed by atoms with Crippen LogP contribution in [0, 0.1) is 0 Å². The molecule has 4 nitrogen and oxygen atoms in total. The van der Waals surface area contributed by atoms with Crippen LogP contribution in [0.15, 0.2) is 54.7 Å². The SMILES string of the molecule is O=C(CNc1ccc(N2CCCCC2)cc1)c1c[nH]c2ccccc12. The minimum Gasteiger partial charge on any atom is -0.378 e. The summed E-state index contributed by atoms with van der Waals surface area (Å²) in [6.07, 6.45) is 5.69. The summed E-state index contributed by atoms with van der Waals surface area (Å²) in [6, 6.07) is 16.3. The first-order valence-corrected chi connectivity index (χ1v) is 8.99. The second kappa shape index (κ2) is 7.01. The van der Waals surface area contributed by atoms with Gasteiger partial charge in [0.2, 0.25) is 0 Å². The number of fused-ring (bicyclic) bond motifs is 1. The van der Waals surface area contributed by atoms with Gasteiger partial charge in [-0.1, -0.05) is 18.2 Å². The number of aromatic nitrogens is 1. The fourth-order valence-electron chi connectivity index (χ4n) is 3.52. The Morgan fingerprint density at radius 2 is 1.76 bits per heavy atom. The van der Waals surface area contributed by atoms with Crippen molar-refractivity contribution in [3.8, 4) is 0 Å². The molecule has 0 aliphatic carbocycles. The van der Waals surface area contributed by atoms with E-state index in [4.69, 9.17) is 0 Å². The third kappa shape index (κ3) is 3.38. The van der Waals surface area contributed by atoms with E-state index in [0.717, 1.165) is 35.2 Å². The summed E-state index contributed by atoms with van der Waals surface area (Å²) in [7, 11) is 0. The number of benzene rings is 2. The van der Waals surface area contributed by atoms with Crippen molar-refractivity contribution >= 4 is 28.1 Å². The van der Waals surface area contributed by atoms with Gasteiger partial charge in [-0.2, -0.15) is 0 Å². The third-order valence-corrected chi connectivity index (χ3v) is 4.93. The van der Waals surface area contributed by atoms with Gasteiger partial charge in [0, 0.05) is 47.1 Å². The predicted molar refractivity (Wildman–Crippen MR) is 104 cm³/mol. The minimum atomic E-state index is 0.0950. The zero-order valence-electron chi connectivity index (χ0n) is 14.3. The van der Waals surface area contributed by atoms with Crippen LogP contribution in [0.2, 0.25) is 0 Å². The van der Waals surface area contributed by atoms with Crippen molar-refractivity contribution in [3.05, 3.63) is 60.3 Å². The van der Waals surface area contributed by atoms with Gasteiger partial charge in [-0.05, 0) is 49.6 Å². The number of nitrogens with zero attached hydrogens (tertiary/aromatic N) is 1. The molecule has 2 heterocycles. The van der Waals surface area contributed by atoms with E-state index < -0.39 is 0 Å². The van der Waals surface area contributed by atoms with Gasteiger partial charge in [-0.25, -0.2) is 0 Å². The number of H-pyrrole nitrogens is 1. The predicted octanol–water partition coefficient (Wildman–Crippen LogP) is 4.45. The lowest BCUT2D eigenvalue weighted by atomic mass is 10.1. The Labute approximate surface area is 147 Å². The molecule has 25 heavy (non-hydrogen) atoms. The standard InChI is InChI=1S/C21H23N3O/c25-21(19-14-23-20-7-3-2-6-18(19)20)15-22-16-8-10-17(11-9-16)24-12-4-1-5-13-24/h2-3,6-11,14,22-23H,1,4-5,12-13,15H2. The zero-order valence-corrected chi connectivity index (χ0v) is 14.3. The average molecular weight is 333 g/mol. The summed E-state index contributed by atoms with van der Waals surface area (Å²) in [5.74, 6) is 0.0950. The molecule has 1 aliphatic rings. The van der Waals surface area contributed by atoms with Gasteiger partial charge in [0.15, 0.2) is 5.78 Å². The van der Waals surface area contributed by atoms with E-state index in [1.54, 1.807) is 6.20 Å². The molecule has 1 aromatic heterocycles. The largest absolute Gasteiger partial charge is 0.378 e. The minimum absolute atomic E-state index is 0.0950. The third-order valence-electron chi connectivity index (χ3n) is 4.93. The van der Waals surface area contributed by atoms with Crippen molar-refractivity contribution < 1.29 is 4.79 Å². The molecule has 1 aliphatic heterocycles. The van der Waals surface area contributed by atoms with Crippen LogP contribution in [0.5, 0.6) is 0 Å². The highest BCUT2D eigenvalue weighted by atomic mass is 16.1. The monoisotopic (exact) mass is 333 g/mol. The second-order valence-electron chi connectivity index (χ2n) is 6.62. The zero-order chi connectivity index (χ0) is 17.1. The highest BCUT2D eigenvalue weighted by molar-refractivity contribution is 6.09. The van der Waals surface area contributed by atoms with Gasteiger partial charge in [0.05, 0.1) is 6.54 Å². The quantitative estimate of drug-likeness (QED) is 0.678. The van der Waals surface area contributed by atoms with Crippen LogP contribution in [0.25, 0.3) is 10.9 Å². The molecule has 0 saturated carbocycles. The summed E-state index contributed by atoms with van der Waals surface area (Å²) < 4.78 is 0. The summed E-state index contributed by atoms with van der Waals surface area (Å²) in [5, 5.41) is 4.23. The molecule has 0 unspecified atom stereocenters. The number of hydrogen-bond donors (Lipinski definition) is 2. The number of carbonyl (C=O) groups excluding carboxylic acids is 1. The maximum absolute atomic E-state index is 12.5. The van der Waals surface area contributed by atoms with Crippen molar-refractivity contribution in [1.29, 1.82) is 0 Å². The molecule has 128 valence electrons. The average Bonchev–Trinajstić information content (AvgIpc) is 3.11. The Hall–Kier alpha value is -2.75. The molecule has 0 amide bonds. The van der Waals surface area contributed by atoms with Crippen LogP contribution in [0.1, 0.15) is 29.6 Å². The summed E-state index contributed by atoms with van der Waals surface area (Å²) >= 11 is 0. The molecule has 1 saturated heterocycles. The van der Waals surface area contributed by atoms with Gasteiger partial charge < -0.3 is 15.2 Å². The molecule has 4 heteroatoms. The van der Waals surface area contributed by atoms with Crippen molar-refractivity contribution in [2.45, 2.75) is 19.3 Å². The molecule has 1 fully saturated rings. The normalized spacial score (nSPS) is 14.6. The highest BCUT2D eigenvalue weighted by Crippen LogP contribution is 2.22. The van der Waals surface area contributed by atoms with E-state index in [9.17, 15) is 4.79 Å². The molecule has 3 aromatic rings. The van der Waals surface area contributed by atoms with Gasteiger partial charge in [0.25, 0.3) is 0 Å². The Kier molecular flexibility index (Phi) is 4.42. The number of para-hydroxylation sites is 1. The molecular formula is C21H23N3O. The van der Waals surface area contributed by atoms with Crippen LogP contribution >= 0.6 is 0 Å². The van der Waals surface area contributed by atoms with E-state index in [2.05, 4.69) is 39.5 Å². The van der Waals surface area contributed by atoms with Crippen LogP contribution in [-0.4, -0.2) is 30.4 Å². The fraction of sp³-hybridized carbons (Fsp3) is 0.286. The lowest BCUT2D eigenvalue weighted by Crippen LogP contribution is -2.29. The number of piperidine rings is 1. The van der Waals surface area contributed by atoms with E-state index in [1.807, 2.05) is 24.3 Å². The number of anilines is 2. The Bertz CT molecular complexity index is 860. The van der Waals surface area contributed by atoms with Crippen molar-refractivity contribution in [3.63, 3.8) is 0 Å². The van der Waals surface area contributed by atoms with Gasteiger partial charge in [-0.3, -0.25) is 4.79 Å². The van der Waals surface area contributed by atoms with Gasteiger partial charge in [0.1, 0.15) is 0 Å². The van der Waals surface area contributed by atoms with Crippen LogP contribution in [-0.2, 0) is 0 Å². The van der Waals surface area contributed by atoms with Gasteiger partial charge in [-0.15, -0.1) is 0 Å². The van der Waals surface area contributed by atoms with E-state index >= 15 is 0 Å². The molecule has 0 spiro atoms. The second-order valence-corrected chi connectivity index (χ2v) is 6.62. The Balaban J connectivity index is 1.40. The maximum atomic E-state index is 12.5. The Morgan fingerprint density at radius 3 is 2.56 bits per heavy atom. The lowest BCUT2D eigenvalue weighted by molar-refractivity contribution is 0.101. The first-order valence-electron chi connectivity index (χ1n) is 8.99. The van der Waals surface area contributed by atoms with Crippen molar-refractivity contribution in [2.75, 3.05) is 29.9 Å². The lowest BCUT2D eigenvalue weighted by Gasteiger charge is -2.28. The van der Waals surface area contributed by atoms with Crippen molar-refractivity contribution in [2.24, 2.45) is 0 Å². The molecule has 0 radical (unpaired) electrons. The fourth-order valence-corrected chi connectivity index (χ4v) is 3.52. The molecule has 2 N–H and O–H groups in total. The molecule has 0 bridgehead atoms. The number of ketones is 1. The number of carbonyl (C=O) groups is 1. The van der Waals surface area contributed by atoms with Crippen LogP contribution in [0.4, 0.5) is 11.4 Å². The summed E-state index contributed by atoms with van der Waals surface area (Å²) in [6.45, 7) is 2.59. The number of aromatic amines is 1. The number of nitrogens with one attached hydrogen (secondary N) is 2. The number of hydrogen-bond acceptors (Lipinski definition) is 3. The highest BCUT2D eigenvalue weighted by Gasteiger charge is 2.12. The number of rotatable bonds is 5. The first kappa shape index (κ1) is 15.8. The van der Waals surface area contributed by atoms with Gasteiger partial charge >= 0.3 is 0 Å². The van der Waals surface area contributed by atoms with E-state index in [0.29, 0.717) is 6.54 Å². The van der Waals surface area contributed by atoms with Crippen molar-refractivity contribution in [1.82, 2.24) is 4.98 Å². The Morgan fingerprint density at radius 1 is 1.00 bits per heavy atom. The van der Waals surface area contributed by atoms with E-state index in [1.165, 1.54) is 24.9 Å². The first-order chi connectivity index (χ1) is 12.3. The smallest absolute Gasteiger partial charge is 0.183 e.